The standard InChI is InChI=1S/C23H30N2O3/c1-5-13-25-22(24-19-9-7-6-8-18(19)23(25)26)17-10-11-20(21(15-17)27-4)28-14-12-16(2)3/h6-11,15-16,22,24H,5,12-14H2,1-4H3. The number of anilines is 1. The lowest BCUT2D eigenvalue weighted by Gasteiger charge is -2.38. The molecule has 1 N–H and O–H groups in total. The molecule has 28 heavy (non-hydrogen) atoms. The molecular weight excluding hydrogens is 352 g/mol. The molecule has 1 unspecified atom stereocenters. The zero-order valence-corrected chi connectivity index (χ0v) is 17.2. The Kier molecular flexibility index (Phi) is 6.45. The summed E-state index contributed by atoms with van der Waals surface area (Å²) in [5.41, 5.74) is 2.55. The van der Waals surface area contributed by atoms with E-state index < -0.39 is 0 Å². The Morgan fingerprint density at radius 1 is 1.14 bits per heavy atom. The summed E-state index contributed by atoms with van der Waals surface area (Å²) in [6.07, 6.45) is 1.64. The third kappa shape index (κ3) is 4.24. The Bertz CT molecular complexity index is 819. The predicted octanol–water partition coefficient (Wildman–Crippen LogP) is 5.10. The maximum Gasteiger partial charge on any atom is 0.257 e. The van der Waals surface area contributed by atoms with Gasteiger partial charge in [-0.05, 0) is 48.6 Å². The Morgan fingerprint density at radius 3 is 2.64 bits per heavy atom. The fourth-order valence-corrected chi connectivity index (χ4v) is 3.41. The molecule has 2 aromatic rings. The van der Waals surface area contributed by atoms with Crippen molar-refractivity contribution in [2.75, 3.05) is 25.6 Å². The predicted molar refractivity (Wildman–Crippen MR) is 112 cm³/mol. The van der Waals surface area contributed by atoms with E-state index >= 15 is 0 Å². The second-order valence-electron chi connectivity index (χ2n) is 7.53. The van der Waals surface area contributed by atoms with Crippen LogP contribution < -0.4 is 14.8 Å². The molecular formula is C23H30N2O3. The summed E-state index contributed by atoms with van der Waals surface area (Å²) in [6.45, 7) is 7.77. The van der Waals surface area contributed by atoms with Crippen LogP contribution in [0.2, 0.25) is 0 Å². The molecule has 0 aliphatic carbocycles. The van der Waals surface area contributed by atoms with Crippen LogP contribution in [-0.2, 0) is 0 Å². The first-order chi connectivity index (χ1) is 13.5. The normalized spacial score (nSPS) is 16.0. The number of amides is 1. The molecule has 0 saturated carbocycles. The summed E-state index contributed by atoms with van der Waals surface area (Å²) < 4.78 is 11.5. The highest BCUT2D eigenvalue weighted by atomic mass is 16.5. The summed E-state index contributed by atoms with van der Waals surface area (Å²) in [5.74, 6) is 2.06. The van der Waals surface area contributed by atoms with Gasteiger partial charge in [0.15, 0.2) is 11.5 Å². The average Bonchev–Trinajstić information content (AvgIpc) is 2.70. The van der Waals surface area contributed by atoms with E-state index in [1.807, 2.05) is 47.4 Å². The van der Waals surface area contributed by atoms with Crippen LogP contribution >= 0.6 is 0 Å². The summed E-state index contributed by atoms with van der Waals surface area (Å²) >= 11 is 0. The van der Waals surface area contributed by atoms with Gasteiger partial charge in [0, 0.05) is 12.2 Å². The number of nitrogens with zero attached hydrogens (tertiary/aromatic N) is 1. The fraction of sp³-hybridized carbons (Fsp3) is 0.435. The topological polar surface area (TPSA) is 50.8 Å². The molecule has 0 fully saturated rings. The third-order valence-corrected chi connectivity index (χ3v) is 4.94. The molecule has 1 heterocycles. The molecule has 5 nitrogen and oxygen atoms in total. The molecule has 0 saturated heterocycles. The second-order valence-corrected chi connectivity index (χ2v) is 7.53. The Morgan fingerprint density at radius 2 is 1.93 bits per heavy atom. The minimum Gasteiger partial charge on any atom is -0.493 e. The molecule has 150 valence electrons. The van der Waals surface area contributed by atoms with Gasteiger partial charge >= 0.3 is 0 Å². The number of nitrogens with one attached hydrogen (secondary N) is 1. The van der Waals surface area contributed by atoms with E-state index in [0.717, 1.165) is 29.8 Å². The SMILES string of the molecule is CCCN1C(=O)c2ccccc2NC1c1ccc(OCCC(C)C)c(OC)c1. The second kappa shape index (κ2) is 9.00. The van der Waals surface area contributed by atoms with Crippen molar-refractivity contribution in [3.05, 3.63) is 53.6 Å². The lowest BCUT2D eigenvalue weighted by molar-refractivity contribution is 0.0683. The van der Waals surface area contributed by atoms with E-state index in [1.54, 1.807) is 7.11 Å². The lowest BCUT2D eigenvalue weighted by Crippen LogP contribution is -2.43. The first kappa shape index (κ1) is 20.1. The van der Waals surface area contributed by atoms with E-state index in [9.17, 15) is 4.79 Å². The Balaban J connectivity index is 1.89. The number of benzene rings is 2. The van der Waals surface area contributed by atoms with Gasteiger partial charge in [0.1, 0.15) is 6.17 Å². The van der Waals surface area contributed by atoms with Crippen molar-refractivity contribution in [3.8, 4) is 11.5 Å². The van der Waals surface area contributed by atoms with Gasteiger partial charge in [0.25, 0.3) is 5.91 Å². The van der Waals surface area contributed by atoms with Crippen molar-refractivity contribution in [2.24, 2.45) is 5.92 Å². The van der Waals surface area contributed by atoms with Crippen molar-refractivity contribution in [2.45, 2.75) is 39.8 Å². The van der Waals surface area contributed by atoms with Crippen LogP contribution in [0.1, 0.15) is 55.7 Å². The zero-order chi connectivity index (χ0) is 20.1. The summed E-state index contributed by atoms with van der Waals surface area (Å²) in [7, 11) is 1.65. The monoisotopic (exact) mass is 382 g/mol. The molecule has 5 heteroatoms. The molecule has 0 radical (unpaired) electrons. The zero-order valence-electron chi connectivity index (χ0n) is 17.2. The van der Waals surface area contributed by atoms with Crippen LogP contribution in [-0.4, -0.2) is 31.1 Å². The highest BCUT2D eigenvalue weighted by Crippen LogP contribution is 2.37. The van der Waals surface area contributed by atoms with Crippen molar-refractivity contribution in [3.63, 3.8) is 0 Å². The van der Waals surface area contributed by atoms with Gasteiger partial charge in [0.2, 0.25) is 0 Å². The van der Waals surface area contributed by atoms with Gasteiger partial charge in [0.05, 0.1) is 19.3 Å². The van der Waals surface area contributed by atoms with Gasteiger partial charge < -0.3 is 19.7 Å². The maximum absolute atomic E-state index is 13.0. The van der Waals surface area contributed by atoms with Gasteiger partial charge in [-0.2, -0.15) is 0 Å². The van der Waals surface area contributed by atoms with Gasteiger partial charge in [-0.25, -0.2) is 0 Å². The van der Waals surface area contributed by atoms with E-state index in [0.29, 0.717) is 30.4 Å². The van der Waals surface area contributed by atoms with Crippen LogP contribution in [0.5, 0.6) is 11.5 Å². The molecule has 1 atom stereocenters. The molecule has 0 aromatic heterocycles. The first-order valence-corrected chi connectivity index (χ1v) is 10.0. The number of methoxy groups -OCH3 is 1. The molecule has 2 aromatic carbocycles. The molecule has 0 spiro atoms. The Hall–Kier alpha value is -2.69. The van der Waals surface area contributed by atoms with Crippen LogP contribution in [0.15, 0.2) is 42.5 Å². The number of hydrogen-bond donors (Lipinski definition) is 1. The van der Waals surface area contributed by atoms with Crippen molar-refractivity contribution in [1.29, 1.82) is 0 Å². The number of carbonyl (C=O) groups is 1. The number of para-hydroxylation sites is 1. The lowest BCUT2D eigenvalue weighted by atomic mass is 10.0. The largest absolute Gasteiger partial charge is 0.493 e. The molecule has 0 bridgehead atoms. The maximum atomic E-state index is 13.0. The van der Waals surface area contributed by atoms with Crippen molar-refractivity contribution < 1.29 is 14.3 Å². The van der Waals surface area contributed by atoms with Crippen LogP contribution in [0.3, 0.4) is 0 Å². The van der Waals surface area contributed by atoms with Gasteiger partial charge in [-0.1, -0.05) is 39.0 Å². The van der Waals surface area contributed by atoms with Crippen molar-refractivity contribution in [1.82, 2.24) is 4.90 Å². The molecule has 1 aliphatic rings. The number of rotatable bonds is 8. The Labute approximate surface area is 167 Å². The molecule has 1 aliphatic heterocycles. The fourth-order valence-electron chi connectivity index (χ4n) is 3.41. The van der Waals surface area contributed by atoms with Crippen LogP contribution in [0.4, 0.5) is 5.69 Å². The van der Waals surface area contributed by atoms with E-state index in [2.05, 4.69) is 26.1 Å². The van der Waals surface area contributed by atoms with E-state index in [4.69, 9.17) is 9.47 Å². The number of carbonyl (C=O) groups excluding carboxylic acids is 1. The van der Waals surface area contributed by atoms with Gasteiger partial charge in [-0.3, -0.25) is 4.79 Å². The summed E-state index contributed by atoms with van der Waals surface area (Å²) in [6, 6.07) is 13.6. The minimum atomic E-state index is -0.235. The van der Waals surface area contributed by atoms with Crippen LogP contribution in [0, 0.1) is 5.92 Å². The van der Waals surface area contributed by atoms with Gasteiger partial charge in [-0.15, -0.1) is 0 Å². The molecule has 1 amide bonds. The smallest absolute Gasteiger partial charge is 0.257 e. The van der Waals surface area contributed by atoms with Crippen molar-refractivity contribution >= 4 is 11.6 Å². The number of ether oxygens (including phenoxy) is 2. The summed E-state index contributed by atoms with van der Waals surface area (Å²) in [4.78, 5) is 14.9. The highest BCUT2D eigenvalue weighted by Gasteiger charge is 2.32. The first-order valence-electron chi connectivity index (χ1n) is 10.0. The third-order valence-electron chi connectivity index (χ3n) is 4.94. The highest BCUT2D eigenvalue weighted by molar-refractivity contribution is 6.01. The number of fused-ring (bicyclic) bond motifs is 1. The quantitative estimate of drug-likeness (QED) is 0.690. The number of hydrogen-bond acceptors (Lipinski definition) is 4. The molecule has 3 rings (SSSR count). The average molecular weight is 383 g/mol. The van der Waals surface area contributed by atoms with E-state index in [1.165, 1.54) is 0 Å². The summed E-state index contributed by atoms with van der Waals surface area (Å²) in [5, 5.41) is 3.52. The van der Waals surface area contributed by atoms with Crippen LogP contribution in [0.25, 0.3) is 0 Å². The van der Waals surface area contributed by atoms with E-state index in [-0.39, 0.29) is 12.1 Å². The minimum absolute atomic E-state index is 0.0532.